The van der Waals surface area contributed by atoms with Crippen LogP contribution in [0, 0.1) is 5.41 Å². The molecule has 0 radical (unpaired) electrons. The molecular weight excluding hydrogens is 355 g/mol. The van der Waals surface area contributed by atoms with Gasteiger partial charge >= 0.3 is 6.18 Å². The first-order chi connectivity index (χ1) is 11.6. The Morgan fingerprint density at radius 2 is 2.04 bits per heavy atom. The van der Waals surface area contributed by atoms with Crippen molar-refractivity contribution in [1.82, 2.24) is 9.97 Å². The number of ketones is 1. The average Bonchev–Trinajstić information content (AvgIpc) is 2.87. The number of hydrogen-bond donors (Lipinski definition) is 1. The molecular formula is C16H14F3N3O2S. The predicted octanol–water partition coefficient (Wildman–Crippen LogP) is 3.96. The number of anilines is 1. The zero-order valence-electron chi connectivity index (χ0n) is 13.4. The van der Waals surface area contributed by atoms with E-state index in [-0.39, 0.29) is 16.3 Å². The summed E-state index contributed by atoms with van der Waals surface area (Å²) in [5.74, 6) is -1.03. The summed E-state index contributed by atoms with van der Waals surface area (Å²) in [6, 6.07) is 2.30. The van der Waals surface area contributed by atoms with E-state index in [1.54, 1.807) is 0 Å². The fourth-order valence-corrected chi connectivity index (χ4v) is 3.67. The van der Waals surface area contributed by atoms with Crippen LogP contribution in [0.2, 0.25) is 0 Å². The van der Waals surface area contributed by atoms with Crippen LogP contribution in [0.1, 0.15) is 51.7 Å². The minimum atomic E-state index is -4.74. The second-order valence-corrected chi connectivity index (χ2v) is 7.59. The summed E-state index contributed by atoms with van der Waals surface area (Å²) in [5, 5.41) is 2.46. The minimum Gasteiger partial charge on any atom is -0.298 e. The topological polar surface area (TPSA) is 72.0 Å². The van der Waals surface area contributed by atoms with Crippen molar-refractivity contribution < 1.29 is 22.8 Å². The highest BCUT2D eigenvalue weighted by Gasteiger charge is 2.38. The molecule has 1 aliphatic carbocycles. The van der Waals surface area contributed by atoms with Gasteiger partial charge in [0.15, 0.2) is 16.6 Å². The zero-order chi connectivity index (χ0) is 18.4. The molecule has 0 spiro atoms. The van der Waals surface area contributed by atoms with Crippen molar-refractivity contribution in [3.63, 3.8) is 0 Å². The van der Waals surface area contributed by atoms with Crippen LogP contribution < -0.4 is 5.32 Å². The Kier molecular flexibility index (Phi) is 4.14. The van der Waals surface area contributed by atoms with Crippen molar-refractivity contribution in [3.8, 4) is 0 Å². The number of fused-ring (bicyclic) bond motifs is 1. The van der Waals surface area contributed by atoms with Crippen LogP contribution in [0.5, 0.6) is 0 Å². The molecule has 2 heterocycles. The minimum absolute atomic E-state index is 0.0680. The van der Waals surface area contributed by atoms with E-state index in [2.05, 4.69) is 15.3 Å². The summed E-state index contributed by atoms with van der Waals surface area (Å²) in [7, 11) is 0. The van der Waals surface area contributed by atoms with Gasteiger partial charge in [-0.25, -0.2) is 4.98 Å². The molecule has 0 unspecified atom stereocenters. The van der Waals surface area contributed by atoms with Gasteiger partial charge in [0.25, 0.3) is 5.91 Å². The van der Waals surface area contributed by atoms with Crippen LogP contribution in [0.3, 0.4) is 0 Å². The highest BCUT2D eigenvalue weighted by molar-refractivity contribution is 7.17. The molecule has 0 aromatic carbocycles. The molecule has 0 aliphatic heterocycles. The van der Waals surface area contributed by atoms with Gasteiger partial charge in [-0.3, -0.25) is 19.9 Å². The first kappa shape index (κ1) is 17.5. The van der Waals surface area contributed by atoms with Crippen molar-refractivity contribution in [2.75, 3.05) is 5.32 Å². The van der Waals surface area contributed by atoms with E-state index < -0.39 is 23.3 Å². The molecule has 0 atom stereocenters. The van der Waals surface area contributed by atoms with E-state index in [4.69, 9.17) is 0 Å². The maximum Gasteiger partial charge on any atom is 0.434 e. The maximum atomic E-state index is 13.0. The molecule has 9 heteroatoms. The van der Waals surface area contributed by atoms with Gasteiger partial charge in [-0.15, -0.1) is 0 Å². The lowest BCUT2D eigenvalue weighted by molar-refractivity contribution is -0.141. The van der Waals surface area contributed by atoms with Gasteiger partial charge in [-0.1, -0.05) is 25.2 Å². The van der Waals surface area contributed by atoms with Crippen LogP contribution >= 0.6 is 11.3 Å². The lowest BCUT2D eigenvalue weighted by Crippen LogP contribution is -2.26. The molecule has 0 saturated carbocycles. The highest BCUT2D eigenvalue weighted by Crippen LogP contribution is 2.38. The van der Waals surface area contributed by atoms with E-state index in [0.29, 0.717) is 23.4 Å². The Hall–Kier alpha value is -2.29. The molecule has 1 N–H and O–H groups in total. The third kappa shape index (κ3) is 3.55. The molecule has 0 bridgehead atoms. The smallest absolute Gasteiger partial charge is 0.298 e. The number of Topliss-reactive ketones (excluding diaryl/α,β-unsaturated/α-hetero) is 1. The average molecular weight is 369 g/mol. The lowest BCUT2D eigenvalue weighted by atomic mass is 9.78. The summed E-state index contributed by atoms with van der Waals surface area (Å²) < 4.78 is 38.9. The van der Waals surface area contributed by atoms with Gasteiger partial charge in [0.1, 0.15) is 0 Å². The van der Waals surface area contributed by atoms with E-state index >= 15 is 0 Å². The second kappa shape index (κ2) is 5.91. The third-order valence-corrected chi connectivity index (χ3v) is 4.83. The van der Waals surface area contributed by atoms with Gasteiger partial charge < -0.3 is 0 Å². The first-order valence-corrected chi connectivity index (χ1v) is 8.25. The van der Waals surface area contributed by atoms with E-state index in [1.807, 2.05) is 13.8 Å². The number of pyridine rings is 1. The second-order valence-electron chi connectivity index (χ2n) is 6.59. The molecule has 1 amide bonds. The Morgan fingerprint density at radius 1 is 1.32 bits per heavy atom. The molecule has 5 nitrogen and oxygen atoms in total. The number of halogens is 3. The van der Waals surface area contributed by atoms with Crippen molar-refractivity contribution >= 4 is 28.2 Å². The SMILES string of the molecule is CC1(C)CC(=O)c2sc(NC(=O)c3cccnc3C(F)(F)F)nc2C1. The van der Waals surface area contributed by atoms with Crippen LogP contribution in [0.25, 0.3) is 0 Å². The molecule has 132 valence electrons. The van der Waals surface area contributed by atoms with Crippen molar-refractivity contribution in [2.24, 2.45) is 5.41 Å². The monoisotopic (exact) mass is 369 g/mol. The van der Waals surface area contributed by atoms with E-state index in [9.17, 15) is 22.8 Å². The largest absolute Gasteiger partial charge is 0.434 e. The molecule has 25 heavy (non-hydrogen) atoms. The summed E-state index contributed by atoms with van der Waals surface area (Å²) >= 11 is 0.986. The summed E-state index contributed by atoms with van der Waals surface area (Å²) in [5.41, 5.74) is -1.50. The van der Waals surface area contributed by atoms with Gasteiger partial charge in [-0.2, -0.15) is 13.2 Å². The predicted molar refractivity (Wildman–Crippen MR) is 85.7 cm³/mol. The molecule has 1 aliphatic rings. The molecule has 0 fully saturated rings. The fourth-order valence-electron chi connectivity index (χ4n) is 2.75. The third-order valence-electron chi connectivity index (χ3n) is 3.78. The summed E-state index contributed by atoms with van der Waals surface area (Å²) in [6.07, 6.45) is -2.82. The number of nitrogens with one attached hydrogen (secondary N) is 1. The van der Waals surface area contributed by atoms with Crippen LogP contribution in [-0.4, -0.2) is 21.7 Å². The molecule has 2 aromatic rings. The Morgan fingerprint density at radius 3 is 2.72 bits per heavy atom. The molecule has 0 saturated heterocycles. The lowest BCUT2D eigenvalue weighted by Gasteiger charge is -2.26. The zero-order valence-corrected chi connectivity index (χ0v) is 14.2. The molecule has 3 rings (SSSR count). The number of aromatic nitrogens is 2. The Labute approximate surface area is 145 Å². The van der Waals surface area contributed by atoms with E-state index in [0.717, 1.165) is 23.6 Å². The molecule has 2 aromatic heterocycles. The fraction of sp³-hybridized carbons (Fsp3) is 0.375. The van der Waals surface area contributed by atoms with Crippen molar-refractivity contribution in [1.29, 1.82) is 0 Å². The number of carbonyl (C=O) groups is 2. The number of hydrogen-bond acceptors (Lipinski definition) is 5. The van der Waals surface area contributed by atoms with Gasteiger partial charge in [-0.05, 0) is 24.0 Å². The number of thiazole rings is 1. The summed E-state index contributed by atoms with van der Waals surface area (Å²) in [4.78, 5) is 32.3. The first-order valence-electron chi connectivity index (χ1n) is 7.43. The number of amides is 1. The van der Waals surface area contributed by atoms with Crippen LogP contribution in [0.4, 0.5) is 18.3 Å². The quantitative estimate of drug-likeness (QED) is 0.870. The Bertz CT molecular complexity index is 859. The van der Waals surface area contributed by atoms with Crippen LogP contribution in [0.15, 0.2) is 18.3 Å². The van der Waals surface area contributed by atoms with Crippen molar-refractivity contribution in [2.45, 2.75) is 32.9 Å². The van der Waals surface area contributed by atoms with E-state index in [1.165, 1.54) is 6.07 Å². The Balaban J connectivity index is 1.88. The normalized spacial score (nSPS) is 16.4. The van der Waals surface area contributed by atoms with Crippen molar-refractivity contribution in [3.05, 3.63) is 40.2 Å². The van der Waals surface area contributed by atoms with Gasteiger partial charge in [0.05, 0.1) is 16.1 Å². The number of carbonyl (C=O) groups excluding carboxylic acids is 2. The van der Waals surface area contributed by atoms with Gasteiger partial charge in [0.2, 0.25) is 0 Å². The number of rotatable bonds is 2. The summed E-state index contributed by atoms with van der Waals surface area (Å²) in [6.45, 7) is 3.88. The van der Waals surface area contributed by atoms with Crippen LogP contribution in [-0.2, 0) is 12.6 Å². The highest BCUT2D eigenvalue weighted by atomic mass is 32.1. The maximum absolute atomic E-state index is 13.0. The standard InChI is InChI=1S/C16H14F3N3O2S/c1-15(2)6-9-11(10(23)7-15)25-14(21-9)22-13(24)8-4-3-5-20-12(8)16(17,18)19/h3-5H,6-7H2,1-2H3,(H,21,22,24). The number of alkyl halides is 3. The number of nitrogens with zero attached hydrogens (tertiary/aromatic N) is 2. The van der Waals surface area contributed by atoms with Gasteiger partial charge in [0, 0.05) is 12.6 Å².